The zero-order valence-corrected chi connectivity index (χ0v) is 40.4. The van der Waals surface area contributed by atoms with E-state index in [-0.39, 0.29) is 42.2 Å². The van der Waals surface area contributed by atoms with Crippen LogP contribution in [0, 0.1) is 38.1 Å². The first-order chi connectivity index (χ1) is 35.7. The van der Waals surface area contributed by atoms with E-state index in [1.54, 1.807) is 42.6 Å². The quantitative estimate of drug-likeness (QED) is 0.112. The summed E-state index contributed by atoms with van der Waals surface area (Å²) < 4.78 is 97.2. The summed E-state index contributed by atoms with van der Waals surface area (Å²) >= 11 is 0. The van der Waals surface area contributed by atoms with Gasteiger partial charge in [-0.15, -0.1) is 47.5 Å². The predicted molar refractivity (Wildman–Crippen MR) is 275 cm³/mol. The molecule has 0 saturated carbocycles. The second-order valence-electron chi connectivity index (χ2n) is 18.0. The molecular weight excluding hydrogens is 981 g/mol. The maximum absolute atomic E-state index is 8.46. The zero-order valence-electron chi connectivity index (χ0n) is 49.0. The van der Waals surface area contributed by atoms with Crippen LogP contribution in [0.3, 0.4) is 0 Å². The van der Waals surface area contributed by atoms with Crippen molar-refractivity contribution in [3.63, 3.8) is 0 Å². The molecule has 0 unspecified atom stereocenters. The number of furan rings is 1. The fraction of sp³-hybridized carbons (Fsp3) is 0.226. The van der Waals surface area contributed by atoms with Gasteiger partial charge in [0.25, 0.3) is 0 Å². The number of rotatable bonds is 8. The van der Waals surface area contributed by atoms with E-state index in [0.29, 0.717) is 50.4 Å². The molecule has 10 aromatic rings. The minimum atomic E-state index is -2.52. The van der Waals surface area contributed by atoms with Crippen molar-refractivity contribution >= 4 is 43.5 Å². The molecule has 0 aliphatic rings. The molecule has 10 rings (SSSR count). The Morgan fingerprint density at radius 3 is 2.11 bits per heavy atom. The summed E-state index contributed by atoms with van der Waals surface area (Å²) in [6.45, 7) is 4.63. The van der Waals surface area contributed by atoms with Gasteiger partial charge in [-0.25, -0.2) is 0 Å². The van der Waals surface area contributed by atoms with Crippen molar-refractivity contribution in [1.29, 1.82) is 0 Å². The number of hydrogen-bond acceptors (Lipinski definition) is 3. The Morgan fingerprint density at radius 1 is 0.606 bits per heavy atom. The standard InChI is InChI=1S/C39H34NO.C23H24N.Ir/c1-6-39(5,7-2)28-17-18-29(24(3)19-28)33-21-36(40-23-25(33)4)32-14-10-13-31-35-20-27-16-15-26-11-8-9-12-30(26)34(27)22-37(35)41-38(31)32;1-17-10-12-20(14-21(17)19-8-6-5-7-9-19)22-13-11-18(16-24-22)15-23(2,3)4;/h8-13,15-23H,6-7H2,1-5H3;5-11,13-14,16H,15H2,1-4H3;/q2*-1;/i3D3,4D3;1D3,15D2;. The maximum atomic E-state index is 8.46. The van der Waals surface area contributed by atoms with Crippen LogP contribution in [0.15, 0.2) is 156 Å². The molecule has 0 aliphatic carbocycles. The fourth-order valence-corrected chi connectivity index (χ4v) is 8.62. The van der Waals surface area contributed by atoms with E-state index in [9.17, 15) is 0 Å². The van der Waals surface area contributed by atoms with Crippen molar-refractivity contribution < 1.29 is 39.6 Å². The summed E-state index contributed by atoms with van der Waals surface area (Å²) in [5.41, 5.74) is 6.70. The van der Waals surface area contributed by atoms with E-state index in [1.807, 2.05) is 81.4 Å². The van der Waals surface area contributed by atoms with Gasteiger partial charge in [-0.05, 0) is 128 Å². The molecule has 0 bridgehead atoms. The van der Waals surface area contributed by atoms with E-state index >= 15 is 0 Å². The number of aryl methyl sites for hydroxylation is 3. The van der Waals surface area contributed by atoms with Crippen LogP contribution in [-0.2, 0) is 31.9 Å². The van der Waals surface area contributed by atoms with Gasteiger partial charge in [-0.3, -0.25) is 0 Å². The average molecular weight is 1050 g/mol. The van der Waals surface area contributed by atoms with Crippen LogP contribution in [0.4, 0.5) is 0 Å². The molecule has 0 atom stereocenters. The molecule has 3 heterocycles. The Balaban J connectivity index is 0.000000225. The minimum absolute atomic E-state index is 0. The molecule has 0 saturated heterocycles. The van der Waals surface area contributed by atoms with Gasteiger partial charge < -0.3 is 14.4 Å². The molecule has 0 fully saturated rings. The maximum Gasteiger partial charge on any atom is 0.121 e. The second kappa shape index (κ2) is 19.0. The molecule has 3 nitrogen and oxygen atoms in total. The molecular formula is C62H58IrN2O-2. The molecule has 0 amide bonds. The smallest absolute Gasteiger partial charge is 0.121 e. The van der Waals surface area contributed by atoms with Gasteiger partial charge in [-0.2, -0.15) is 0 Å². The van der Waals surface area contributed by atoms with Crippen LogP contribution in [0.5, 0.6) is 0 Å². The second-order valence-corrected chi connectivity index (χ2v) is 18.0. The molecule has 4 heteroatoms. The Labute approximate surface area is 420 Å². The fourth-order valence-electron chi connectivity index (χ4n) is 8.62. The number of nitrogens with zero attached hydrogens (tertiary/aromatic N) is 2. The van der Waals surface area contributed by atoms with Crippen LogP contribution in [0.2, 0.25) is 0 Å². The SMILES string of the molecule is [2H]C([2H])([2H])c1c[c-]c(-c2ccc(C([2H])([2H])C(C)(C)C)cn2)cc1-c1ccccc1.[2H]C([2H])([2H])c1cnc(-c2[c-]ccc3c2oc2cc4c(ccc5ccccc54)cc23)cc1-c1ccc(C(C)(CC)CC)cc1C([2H])([2H])[2H].[Ir]. The van der Waals surface area contributed by atoms with E-state index in [0.717, 1.165) is 61.9 Å². The molecule has 1 radical (unpaired) electrons. The van der Waals surface area contributed by atoms with Crippen molar-refractivity contribution in [1.82, 2.24) is 9.97 Å². The monoisotopic (exact) mass is 1050 g/mol. The molecule has 0 aliphatic heterocycles. The van der Waals surface area contributed by atoms with Crippen LogP contribution in [0.25, 0.3) is 88.3 Å². The van der Waals surface area contributed by atoms with Gasteiger partial charge >= 0.3 is 0 Å². The van der Waals surface area contributed by atoms with Gasteiger partial charge in [0.1, 0.15) is 5.58 Å². The normalized spacial score (nSPS) is 15.0. The number of benzene rings is 7. The van der Waals surface area contributed by atoms with Gasteiger partial charge in [0, 0.05) is 53.0 Å². The topological polar surface area (TPSA) is 38.9 Å². The third-order valence-electron chi connectivity index (χ3n) is 12.6. The van der Waals surface area contributed by atoms with Gasteiger partial charge in [0.15, 0.2) is 0 Å². The first-order valence-corrected chi connectivity index (χ1v) is 22.2. The van der Waals surface area contributed by atoms with Crippen molar-refractivity contribution in [3.05, 3.63) is 192 Å². The van der Waals surface area contributed by atoms with Gasteiger partial charge in [0.2, 0.25) is 0 Å². The molecule has 0 N–H and O–H groups in total. The van der Waals surface area contributed by atoms with Crippen LogP contribution in [0.1, 0.15) is 97.3 Å². The summed E-state index contributed by atoms with van der Waals surface area (Å²) in [7, 11) is 0. The van der Waals surface area contributed by atoms with E-state index in [4.69, 9.17) is 19.5 Å². The Morgan fingerprint density at radius 2 is 1.36 bits per heavy atom. The molecule has 66 heavy (non-hydrogen) atoms. The predicted octanol–water partition coefficient (Wildman–Crippen LogP) is 17.2. The summed E-state index contributed by atoms with van der Waals surface area (Å²) in [6, 6.07) is 50.1. The molecule has 3 aromatic heterocycles. The first-order valence-electron chi connectivity index (χ1n) is 27.7. The van der Waals surface area contributed by atoms with Crippen LogP contribution in [-0.4, -0.2) is 9.97 Å². The van der Waals surface area contributed by atoms with E-state index < -0.39 is 32.3 Å². The molecule has 333 valence electrons. The third-order valence-corrected chi connectivity index (χ3v) is 12.6. The minimum Gasteiger partial charge on any atom is -0.501 e. The Kier molecular flexibility index (Phi) is 9.82. The van der Waals surface area contributed by atoms with Crippen molar-refractivity contribution in [2.24, 2.45) is 5.41 Å². The molecule has 7 aromatic carbocycles. The van der Waals surface area contributed by atoms with E-state index in [1.165, 1.54) is 12.3 Å². The van der Waals surface area contributed by atoms with Crippen molar-refractivity contribution in [2.75, 3.05) is 0 Å². The summed E-state index contributed by atoms with van der Waals surface area (Å²) in [5, 5.41) is 6.31. The number of aromatic nitrogens is 2. The largest absolute Gasteiger partial charge is 0.501 e. The van der Waals surface area contributed by atoms with Crippen molar-refractivity contribution in [3.8, 4) is 44.8 Å². The van der Waals surface area contributed by atoms with Crippen LogP contribution < -0.4 is 0 Å². The Hall–Kier alpha value is -6.19. The number of pyridine rings is 2. The summed E-state index contributed by atoms with van der Waals surface area (Å²) in [4.78, 5) is 9.04. The number of fused-ring (bicyclic) bond motifs is 6. The van der Waals surface area contributed by atoms with Crippen molar-refractivity contribution in [2.45, 2.75) is 86.7 Å². The Bertz CT molecular complexity index is 3780. The molecule has 0 spiro atoms. The first kappa shape index (κ1) is 34.2. The average Bonchev–Trinajstić information content (AvgIpc) is 3.76. The van der Waals surface area contributed by atoms with Gasteiger partial charge in [-0.1, -0.05) is 168 Å². The zero-order chi connectivity index (χ0) is 54.8. The number of hydrogen-bond donors (Lipinski definition) is 0. The third kappa shape index (κ3) is 9.28. The summed E-state index contributed by atoms with van der Waals surface area (Å²) in [5.74, 6) is 0. The van der Waals surface area contributed by atoms with E-state index in [2.05, 4.69) is 79.3 Å². The van der Waals surface area contributed by atoms with Crippen LogP contribution >= 0.6 is 0 Å². The summed E-state index contributed by atoms with van der Waals surface area (Å²) in [6.07, 6.45) is 3.04. The van der Waals surface area contributed by atoms with Gasteiger partial charge in [0.05, 0.1) is 5.58 Å².